The Morgan fingerprint density at radius 2 is 2.35 bits per heavy atom. The van der Waals surface area contributed by atoms with E-state index in [-0.39, 0.29) is 0 Å². The molecule has 0 aromatic carbocycles. The predicted octanol–water partition coefficient (Wildman–Crippen LogP) is 1.26. The van der Waals surface area contributed by atoms with Crippen LogP contribution < -0.4 is 10.6 Å². The van der Waals surface area contributed by atoms with Crippen molar-refractivity contribution in [2.75, 3.05) is 31.7 Å². The fraction of sp³-hybridized carbons (Fsp3) is 0.500. The van der Waals surface area contributed by atoms with E-state index in [1.165, 1.54) is 6.33 Å². The number of hydrogen-bond acceptors (Lipinski definition) is 5. The predicted molar refractivity (Wildman–Crippen MR) is 72.5 cm³/mol. The monoisotopic (exact) mass is 274 g/mol. The number of ether oxygens (including phenoxy) is 1. The van der Waals surface area contributed by atoms with E-state index in [0.717, 1.165) is 0 Å². The lowest BCUT2D eigenvalue weighted by Gasteiger charge is -2.23. The van der Waals surface area contributed by atoms with Crippen molar-refractivity contribution in [2.45, 2.75) is 6.42 Å². The summed E-state index contributed by atoms with van der Waals surface area (Å²) in [7, 11) is 1.65. The highest BCUT2D eigenvalue weighted by Crippen LogP contribution is 2.21. The van der Waals surface area contributed by atoms with Crippen molar-refractivity contribution in [1.82, 2.24) is 9.97 Å². The van der Waals surface area contributed by atoms with E-state index in [1.807, 2.05) is 4.90 Å². The fourth-order valence-electron chi connectivity index (χ4n) is 1.31. The zero-order valence-electron chi connectivity index (χ0n) is 9.60. The Balaban J connectivity index is 2.74. The number of thiocarbonyl (C=S) groups is 1. The van der Waals surface area contributed by atoms with E-state index in [2.05, 4.69) is 9.97 Å². The molecular formula is C10H15ClN4OS. The van der Waals surface area contributed by atoms with Crippen LogP contribution in [0.2, 0.25) is 5.02 Å². The van der Waals surface area contributed by atoms with E-state index in [4.69, 9.17) is 34.3 Å². The van der Waals surface area contributed by atoms with E-state index in [9.17, 15) is 0 Å². The molecule has 0 aliphatic heterocycles. The van der Waals surface area contributed by atoms with Gasteiger partial charge >= 0.3 is 0 Å². The molecule has 0 unspecified atom stereocenters. The van der Waals surface area contributed by atoms with Gasteiger partial charge in [-0.05, 0) is 0 Å². The number of aromatic nitrogens is 2. The molecule has 94 valence electrons. The summed E-state index contributed by atoms with van der Waals surface area (Å²) in [4.78, 5) is 10.5. The van der Waals surface area contributed by atoms with Crippen molar-refractivity contribution in [3.8, 4) is 0 Å². The van der Waals surface area contributed by atoms with Crippen LogP contribution in [0, 0.1) is 0 Å². The number of halogens is 1. The van der Waals surface area contributed by atoms with Crippen LogP contribution >= 0.6 is 23.8 Å². The minimum absolute atomic E-state index is 0.470. The first-order valence-corrected chi connectivity index (χ1v) is 5.91. The molecule has 1 heterocycles. The van der Waals surface area contributed by atoms with Gasteiger partial charge < -0.3 is 15.4 Å². The van der Waals surface area contributed by atoms with Crippen molar-refractivity contribution in [2.24, 2.45) is 5.73 Å². The Morgan fingerprint density at radius 3 is 2.94 bits per heavy atom. The van der Waals surface area contributed by atoms with Gasteiger partial charge in [0.2, 0.25) is 0 Å². The van der Waals surface area contributed by atoms with E-state index >= 15 is 0 Å². The third-order valence-electron chi connectivity index (χ3n) is 2.14. The Bertz CT molecular complexity index is 377. The quantitative estimate of drug-likeness (QED) is 0.755. The summed E-state index contributed by atoms with van der Waals surface area (Å²) >= 11 is 10.9. The molecule has 0 aliphatic rings. The molecule has 1 aromatic heterocycles. The number of methoxy groups -OCH3 is 1. The average molecular weight is 275 g/mol. The first kappa shape index (κ1) is 14.1. The van der Waals surface area contributed by atoms with Gasteiger partial charge in [0.05, 0.1) is 17.8 Å². The highest BCUT2D eigenvalue weighted by molar-refractivity contribution is 7.80. The molecule has 0 aliphatic carbocycles. The van der Waals surface area contributed by atoms with Gasteiger partial charge in [0.15, 0.2) is 5.82 Å². The van der Waals surface area contributed by atoms with Gasteiger partial charge in [-0.2, -0.15) is 0 Å². The topological polar surface area (TPSA) is 64.3 Å². The Hall–Kier alpha value is -0.980. The normalized spacial score (nSPS) is 10.2. The van der Waals surface area contributed by atoms with Gasteiger partial charge in [-0.15, -0.1) is 0 Å². The minimum atomic E-state index is 0.470. The summed E-state index contributed by atoms with van der Waals surface area (Å²) in [5.74, 6) is 0.676. The maximum absolute atomic E-state index is 6.04. The summed E-state index contributed by atoms with van der Waals surface area (Å²) < 4.78 is 5.05. The second-order valence-electron chi connectivity index (χ2n) is 3.39. The lowest BCUT2D eigenvalue weighted by atomic mass is 10.3. The molecule has 0 spiro atoms. The van der Waals surface area contributed by atoms with Crippen LogP contribution in [0.1, 0.15) is 6.42 Å². The molecule has 1 aromatic rings. The zero-order valence-corrected chi connectivity index (χ0v) is 11.2. The standard InChI is InChI=1S/C10H15ClN4OS/c1-16-5-4-15(3-2-9(12)17)10-8(11)6-13-7-14-10/h6-7H,2-5H2,1H3,(H2,12,17). The first-order chi connectivity index (χ1) is 8.15. The molecule has 0 saturated heterocycles. The molecule has 0 bridgehead atoms. The molecule has 2 N–H and O–H groups in total. The molecule has 0 atom stereocenters. The highest BCUT2D eigenvalue weighted by Gasteiger charge is 2.11. The fourth-order valence-corrected chi connectivity index (χ4v) is 1.63. The van der Waals surface area contributed by atoms with Crippen LogP contribution in [-0.2, 0) is 4.74 Å². The molecular weight excluding hydrogens is 260 g/mol. The molecule has 17 heavy (non-hydrogen) atoms. The van der Waals surface area contributed by atoms with Gasteiger partial charge in [0.25, 0.3) is 0 Å². The molecule has 0 saturated carbocycles. The third kappa shape index (κ3) is 4.80. The van der Waals surface area contributed by atoms with Gasteiger partial charge in [0, 0.05) is 26.6 Å². The second-order valence-corrected chi connectivity index (χ2v) is 4.32. The van der Waals surface area contributed by atoms with Gasteiger partial charge in [-0.3, -0.25) is 0 Å². The summed E-state index contributed by atoms with van der Waals surface area (Å²) in [5, 5.41) is 0.506. The molecule has 0 amide bonds. The number of anilines is 1. The zero-order chi connectivity index (χ0) is 12.7. The van der Waals surface area contributed by atoms with Crippen LogP contribution in [0.4, 0.5) is 5.82 Å². The Labute approximate surface area is 111 Å². The molecule has 1 rings (SSSR count). The Kier molecular flexibility index (Phi) is 6.10. The molecule has 0 radical (unpaired) electrons. The van der Waals surface area contributed by atoms with Gasteiger partial charge in [0.1, 0.15) is 11.3 Å². The molecule has 0 fully saturated rings. The summed E-state index contributed by atoms with van der Waals surface area (Å²) in [5.41, 5.74) is 5.49. The Morgan fingerprint density at radius 1 is 1.59 bits per heavy atom. The van der Waals surface area contributed by atoms with E-state index in [0.29, 0.717) is 41.9 Å². The van der Waals surface area contributed by atoms with E-state index in [1.54, 1.807) is 13.3 Å². The highest BCUT2D eigenvalue weighted by atomic mass is 35.5. The number of nitrogens with two attached hydrogens (primary N) is 1. The number of nitrogens with zero attached hydrogens (tertiary/aromatic N) is 3. The maximum atomic E-state index is 6.04. The lowest BCUT2D eigenvalue weighted by Crippen LogP contribution is -2.31. The van der Waals surface area contributed by atoms with Gasteiger partial charge in [-0.1, -0.05) is 23.8 Å². The summed E-state index contributed by atoms with van der Waals surface area (Å²) in [6, 6.07) is 0. The lowest BCUT2D eigenvalue weighted by molar-refractivity contribution is 0.205. The molecule has 7 heteroatoms. The maximum Gasteiger partial charge on any atom is 0.150 e. The second kappa shape index (κ2) is 7.37. The van der Waals surface area contributed by atoms with Crippen LogP contribution in [-0.4, -0.2) is 41.8 Å². The average Bonchev–Trinajstić information content (AvgIpc) is 2.30. The van der Waals surface area contributed by atoms with Crippen molar-refractivity contribution in [3.63, 3.8) is 0 Å². The minimum Gasteiger partial charge on any atom is -0.393 e. The van der Waals surface area contributed by atoms with Gasteiger partial charge in [-0.25, -0.2) is 9.97 Å². The SMILES string of the molecule is COCCN(CCC(N)=S)c1ncncc1Cl. The summed E-state index contributed by atoms with van der Waals surface area (Å²) in [6.45, 7) is 1.92. The largest absolute Gasteiger partial charge is 0.393 e. The first-order valence-electron chi connectivity index (χ1n) is 5.13. The molecule has 5 nitrogen and oxygen atoms in total. The van der Waals surface area contributed by atoms with Crippen LogP contribution in [0.25, 0.3) is 0 Å². The number of hydrogen-bond donors (Lipinski definition) is 1. The van der Waals surface area contributed by atoms with Crippen LogP contribution in [0.15, 0.2) is 12.5 Å². The van der Waals surface area contributed by atoms with Crippen LogP contribution in [0.3, 0.4) is 0 Å². The smallest absolute Gasteiger partial charge is 0.150 e. The summed E-state index contributed by atoms with van der Waals surface area (Å²) in [6.07, 6.45) is 3.63. The van der Waals surface area contributed by atoms with Crippen molar-refractivity contribution in [1.29, 1.82) is 0 Å². The van der Waals surface area contributed by atoms with Crippen molar-refractivity contribution in [3.05, 3.63) is 17.5 Å². The van der Waals surface area contributed by atoms with E-state index < -0.39 is 0 Å². The van der Waals surface area contributed by atoms with Crippen molar-refractivity contribution >= 4 is 34.6 Å². The van der Waals surface area contributed by atoms with Crippen molar-refractivity contribution < 1.29 is 4.74 Å². The number of rotatable bonds is 7. The van der Waals surface area contributed by atoms with Crippen LogP contribution in [0.5, 0.6) is 0 Å². The third-order valence-corrected chi connectivity index (χ3v) is 2.61.